The van der Waals surface area contributed by atoms with Crippen molar-refractivity contribution in [2.75, 3.05) is 0 Å². The third-order valence-electron chi connectivity index (χ3n) is 2.63. The molecule has 1 N–H and O–H groups in total. The number of rotatable bonds is 3. The molecule has 0 radical (unpaired) electrons. The Morgan fingerprint density at radius 2 is 2.18 bits per heavy atom. The Hall–Kier alpha value is -1.26. The van der Waals surface area contributed by atoms with Crippen molar-refractivity contribution >= 4 is 28.9 Å². The van der Waals surface area contributed by atoms with E-state index < -0.39 is 5.97 Å². The second kappa shape index (κ2) is 4.55. The van der Waals surface area contributed by atoms with Crippen molar-refractivity contribution in [2.45, 2.75) is 20.4 Å². The number of nitrogens with zero attached hydrogens (tertiary/aromatic N) is 1. The summed E-state index contributed by atoms with van der Waals surface area (Å²) in [4.78, 5) is 13.4. The van der Waals surface area contributed by atoms with Gasteiger partial charge >= 0.3 is 5.97 Å². The summed E-state index contributed by atoms with van der Waals surface area (Å²) in [6.45, 7) is 4.66. The van der Waals surface area contributed by atoms with Gasteiger partial charge in [0.1, 0.15) is 5.69 Å². The molecule has 0 saturated heterocycles. The molecule has 0 unspecified atom stereocenters. The zero-order valence-corrected chi connectivity index (χ0v) is 11.1. The number of thiophene rings is 1. The summed E-state index contributed by atoms with van der Waals surface area (Å²) < 4.78 is 1.66. The Morgan fingerprint density at radius 3 is 2.71 bits per heavy atom. The molecule has 90 valence electrons. The van der Waals surface area contributed by atoms with Crippen molar-refractivity contribution in [3.8, 4) is 0 Å². The summed E-state index contributed by atoms with van der Waals surface area (Å²) >= 11 is 7.51. The fourth-order valence-corrected chi connectivity index (χ4v) is 2.95. The third kappa shape index (κ3) is 2.53. The summed E-state index contributed by atoms with van der Waals surface area (Å²) in [5.41, 5.74) is 1.46. The molecule has 3 nitrogen and oxygen atoms in total. The number of aryl methyl sites for hydroxylation is 2. The molecule has 0 aliphatic carbocycles. The third-order valence-corrected chi connectivity index (χ3v) is 3.97. The minimum atomic E-state index is -0.957. The van der Waals surface area contributed by atoms with Crippen LogP contribution >= 0.6 is 22.9 Å². The number of halogens is 1. The summed E-state index contributed by atoms with van der Waals surface area (Å²) in [6, 6.07) is 3.55. The molecule has 2 aromatic heterocycles. The zero-order chi connectivity index (χ0) is 12.6. The maximum Gasteiger partial charge on any atom is 0.352 e. The van der Waals surface area contributed by atoms with E-state index in [0.717, 1.165) is 4.88 Å². The minimum absolute atomic E-state index is 0.221. The molecule has 0 aromatic carbocycles. The Bertz CT molecular complexity index is 552. The van der Waals surface area contributed by atoms with E-state index in [1.54, 1.807) is 22.1 Å². The largest absolute Gasteiger partial charge is 0.477 e. The Morgan fingerprint density at radius 1 is 1.47 bits per heavy atom. The number of aromatic nitrogens is 1. The maximum absolute atomic E-state index is 11.0. The molecule has 0 aliphatic rings. The molecule has 5 heteroatoms. The Kier molecular flexibility index (Phi) is 3.26. The summed E-state index contributed by atoms with van der Waals surface area (Å²) in [6.07, 6.45) is 1.65. The molecule has 0 fully saturated rings. The van der Waals surface area contributed by atoms with Gasteiger partial charge in [-0.25, -0.2) is 4.79 Å². The predicted molar refractivity (Wildman–Crippen MR) is 69.3 cm³/mol. The number of carbonyl (C=O) groups is 1. The van der Waals surface area contributed by atoms with E-state index in [0.29, 0.717) is 11.6 Å². The molecule has 0 spiro atoms. The molecule has 2 rings (SSSR count). The highest BCUT2D eigenvalue weighted by Crippen LogP contribution is 2.23. The molecule has 2 heterocycles. The quantitative estimate of drug-likeness (QED) is 0.926. The van der Waals surface area contributed by atoms with Crippen LogP contribution in [0.15, 0.2) is 18.3 Å². The van der Waals surface area contributed by atoms with Gasteiger partial charge in [0.2, 0.25) is 0 Å². The molecule has 0 bridgehead atoms. The second-order valence-corrected chi connectivity index (χ2v) is 5.71. The highest BCUT2D eigenvalue weighted by atomic mass is 35.5. The van der Waals surface area contributed by atoms with Crippen molar-refractivity contribution < 1.29 is 9.90 Å². The molecule has 0 amide bonds. The van der Waals surface area contributed by atoms with Crippen molar-refractivity contribution in [1.29, 1.82) is 0 Å². The van der Waals surface area contributed by atoms with Crippen LogP contribution in [0.4, 0.5) is 0 Å². The van der Waals surface area contributed by atoms with E-state index >= 15 is 0 Å². The average Bonchev–Trinajstić information content (AvgIpc) is 2.72. The first-order valence-electron chi connectivity index (χ1n) is 5.12. The van der Waals surface area contributed by atoms with Gasteiger partial charge in [0, 0.05) is 16.0 Å². The summed E-state index contributed by atoms with van der Waals surface area (Å²) in [7, 11) is 0. The monoisotopic (exact) mass is 269 g/mol. The van der Waals surface area contributed by atoms with Crippen LogP contribution in [0.1, 0.15) is 25.8 Å². The zero-order valence-electron chi connectivity index (χ0n) is 9.53. The van der Waals surface area contributed by atoms with E-state index in [4.69, 9.17) is 16.7 Å². The van der Waals surface area contributed by atoms with Crippen LogP contribution in [0.2, 0.25) is 5.02 Å². The standard InChI is InChI=1S/C12H12ClNO2S/c1-7-3-10(17-8(7)2)6-14-5-9(13)4-11(14)12(15)16/h3-5H,6H2,1-2H3,(H,15,16). The molecule has 0 atom stereocenters. The SMILES string of the molecule is Cc1cc(Cn2cc(Cl)cc2C(=O)O)sc1C. The van der Waals surface area contributed by atoms with Gasteiger partial charge < -0.3 is 9.67 Å². The van der Waals surface area contributed by atoms with Crippen LogP contribution in [0, 0.1) is 13.8 Å². The second-order valence-electron chi connectivity index (χ2n) is 3.93. The molecular formula is C12H12ClNO2S. The number of carboxylic acid groups (broad SMARTS) is 1. The van der Waals surface area contributed by atoms with E-state index in [-0.39, 0.29) is 5.69 Å². The number of aromatic carboxylic acids is 1. The molecule has 2 aromatic rings. The van der Waals surface area contributed by atoms with Gasteiger partial charge in [-0.2, -0.15) is 0 Å². The van der Waals surface area contributed by atoms with Crippen LogP contribution in [-0.4, -0.2) is 15.6 Å². The molecule has 17 heavy (non-hydrogen) atoms. The predicted octanol–water partition coefficient (Wildman–Crippen LogP) is 3.57. The van der Waals surface area contributed by atoms with Gasteiger partial charge in [-0.1, -0.05) is 11.6 Å². The first-order chi connectivity index (χ1) is 7.97. The Labute approximate surface area is 108 Å². The Balaban J connectivity index is 2.32. The van der Waals surface area contributed by atoms with Crippen LogP contribution in [-0.2, 0) is 6.54 Å². The van der Waals surface area contributed by atoms with Gasteiger partial charge in [-0.3, -0.25) is 0 Å². The number of hydrogen-bond acceptors (Lipinski definition) is 2. The topological polar surface area (TPSA) is 42.2 Å². The first-order valence-corrected chi connectivity index (χ1v) is 6.31. The molecule has 0 saturated carbocycles. The first kappa shape index (κ1) is 12.2. The van der Waals surface area contributed by atoms with Crippen LogP contribution in [0.25, 0.3) is 0 Å². The van der Waals surface area contributed by atoms with Gasteiger partial charge in [0.15, 0.2) is 0 Å². The lowest BCUT2D eigenvalue weighted by Crippen LogP contribution is -2.07. The lowest BCUT2D eigenvalue weighted by molar-refractivity contribution is 0.0686. The lowest BCUT2D eigenvalue weighted by Gasteiger charge is -2.03. The van der Waals surface area contributed by atoms with E-state index in [1.807, 2.05) is 0 Å². The normalized spacial score (nSPS) is 10.8. The summed E-state index contributed by atoms with van der Waals surface area (Å²) in [5, 5.41) is 9.49. The fourth-order valence-electron chi connectivity index (χ4n) is 1.68. The van der Waals surface area contributed by atoms with Gasteiger partial charge in [-0.05, 0) is 31.5 Å². The van der Waals surface area contributed by atoms with Gasteiger partial charge in [0.05, 0.1) is 11.6 Å². The van der Waals surface area contributed by atoms with Crippen molar-refractivity contribution in [3.05, 3.63) is 44.4 Å². The minimum Gasteiger partial charge on any atom is -0.477 e. The van der Waals surface area contributed by atoms with E-state index in [1.165, 1.54) is 16.5 Å². The van der Waals surface area contributed by atoms with Crippen LogP contribution in [0.3, 0.4) is 0 Å². The van der Waals surface area contributed by atoms with Gasteiger partial charge in [-0.15, -0.1) is 11.3 Å². The lowest BCUT2D eigenvalue weighted by atomic mass is 10.3. The molecular weight excluding hydrogens is 258 g/mol. The highest BCUT2D eigenvalue weighted by Gasteiger charge is 2.13. The number of carboxylic acids is 1. The van der Waals surface area contributed by atoms with Crippen molar-refractivity contribution in [2.24, 2.45) is 0 Å². The molecule has 0 aliphatic heterocycles. The van der Waals surface area contributed by atoms with E-state index in [2.05, 4.69) is 19.9 Å². The summed E-state index contributed by atoms with van der Waals surface area (Å²) in [5.74, 6) is -0.957. The van der Waals surface area contributed by atoms with Crippen LogP contribution < -0.4 is 0 Å². The van der Waals surface area contributed by atoms with Gasteiger partial charge in [0.25, 0.3) is 0 Å². The van der Waals surface area contributed by atoms with Crippen molar-refractivity contribution in [3.63, 3.8) is 0 Å². The van der Waals surface area contributed by atoms with E-state index in [9.17, 15) is 4.79 Å². The van der Waals surface area contributed by atoms with Crippen molar-refractivity contribution in [1.82, 2.24) is 4.57 Å². The smallest absolute Gasteiger partial charge is 0.352 e. The average molecular weight is 270 g/mol. The maximum atomic E-state index is 11.0. The number of hydrogen-bond donors (Lipinski definition) is 1. The highest BCUT2D eigenvalue weighted by molar-refractivity contribution is 7.12. The fraction of sp³-hybridized carbons (Fsp3) is 0.250. The van der Waals surface area contributed by atoms with Crippen LogP contribution in [0.5, 0.6) is 0 Å².